The van der Waals surface area contributed by atoms with Crippen molar-refractivity contribution >= 4 is 11.9 Å². The average Bonchev–Trinajstić information content (AvgIpc) is 2.89. The highest BCUT2D eigenvalue weighted by Crippen LogP contribution is 2.23. The normalized spacial score (nSPS) is 12.6. The number of benzene rings is 3. The van der Waals surface area contributed by atoms with Crippen LogP contribution >= 0.6 is 0 Å². The van der Waals surface area contributed by atoms with Crippen LogP contribution in [0.4, 0.5) is 5.95 Å². The number of para-hydroxylation sites is 1. The fourth-order valence-corrected chi connectivity index (χ4v) is 4.04. The van der Waals surface area contributed by atoms with E-state index < -0.39 is 0 Å². The van der Waals surface area contributed by atoms with Crippen LogP contribution in [0.2, 0.25) is 0 Å². The smallest absolute Gasteiger partial charge is 0.227 e. The number of phenols is 1. The van der Waals surface area contributed by atoms with Gasteiger partial charge in [-0.3, -0.25) is 4.79 Å². The number of carbonyl (C=O) groups excluding carboxylic acids is 1. The van der Waals surface area contributed by atoms with E-state index in [1.165, 1.54) is 0 Å². The number of hydrogen-bond donors (Lipinski definition) is 2. The van der Waals surface area contributed by atoms with E-state index in [9.17, 15) is 9.90 Å². The molecule has 35 heavy (non-hydrogen) atoms. The Morgan fingerprint density at radius 3 is 2.60 bits per heavy atom. The average molecular weight is 467 g/mol. The largest absolute Gasteiger partial charge is 0.508 e. The van der Waals surface area contributed by atoms with Gasteiger partial charge in [0.1, 0.15) is 17.2 Å². The molecule has 7 nitrogen and oxygen atoms in total. The zero-order valence-electron chi connectivity index (χ0n) is 19.2. The standard InChI is InChI=1S/C28H26N4O3/c33-23-11-9-20(10-12-23)16-27(34)32-14-13-26-22(19-32)18-30-28(31-26)29-17-21-5-4-8-25(15-21)35-24-6-2-1-3-7-24/h1-12,15,18,33H,13-14,16-17,19H2,(H,29,30,31). The minimum absolute atomic E-state index is 0.0566. The fraction of sp³-hybridized carbons (Fsp3) is 0.179. The molecule has 0 unspecified atom stereocenters. The Hall–Kier alpha value is -4.39. The first-order chi connectivity index (χ1) is 17.1. The number of rotatable bonds is 7. The topological polar surface area (TPSA) is 87.6 Å². The molecule has 176 valence electrons. The van der Waals surface area contributed by atoms with Gasteiger partial charge in [-0.05, 0) is 47.5 Å². The number of anilines is 1. The second kappa shape index (κ2) is 10.3. The van der Waals surface area contributed by atoms with Crippen molar-refractivity contribution in [3.05, 3.63) is 107 Å². The molecule has 7 heteroatoms. The lowest BCUT2D eigenvalue weighted by molar-refractivity contribution is -0.131. The number of nitrogens with zero attached hydrogens (tertiary/aromatic N) is 3. The second-order valence-electron chi connectivity index (χ2n) is 8.49. The molecule has 1 aromatic heterocycles. The van der Waals surface area contributed by atoms with Crippen LogP contribution in [0.3, 0.4) is 0 Å². The first-order valence-corrected chi connectivity index (χ1v) is 11.6. The van der Waals surface area contributed by atoms with Crippen LogP contribution in [0.25, 0.3) is 0 Å². The fourth-order valence-electron chi connectivity index (χ4n) is 4.04. The van der Waals surface area contributed by atoms with Crippen LogP contribution in [-0.4, -0.2) is 32.4 Å². The molecule has 4 aromatic rings. The third-order valence-electron chi connectivity index (χ3n) is 5.91. The molecule has 0 radical (unpaired) electrons. The molecule has 0 fully saturated rings. The van der Waals surface area contributed by atoms with E-state index in [1.54, 1.807) is 30.5 Å². The molecule has 3 aromatic carbocycles. The van der Waals surface area contributed by atoms with Gasteiger partial charge < -0.3 is 20.1 Å². The van der Waals surface area contributed by atoms with Crippen molar-refractivity contribution in [2.45, 2.75) is 25.9 Å². The zero-order valence-corrected chi connectivity index (χ0v) is 19.2. The molecule has 0 aliphatic carbocycles. The van der Waals surface area contributed by atoms with Gasteiger partial charge in [-0.1, -0.05) is 42.5 Å². The third-order valence-corrected chi connectivity index (χ3v) is 5.91. The summed E-state index contributed by atoms with van der Waals surface area (Å²) in [7, 11) is 0. The number of aromatic hydroxyl groups is 1. The highest BCUT2D eigenvalue weighted by atomic mass is 16.5. The van der Waals surface area contributed by atoms with Crippen LogP contribution < -0.4 is 10.1 Å². The minimum Gasteiger partial charge on any atom is -0.508 e. The summed E-state index contributed by atoms with van der Waals surface area (Å²) >= 11 is 0. The Bertz CT molecular complexity index is 1310. The summed E-state index contributed by atoms with van der Waals surface area (Å²) in [6, 6.07) is 24.4. The van der Waals surface area contributed by atoms with Crippen molar-refractivity contribution in [1.29, 1.82) is 0 Å². The molecule has 1 aliphatic rings. The number of amides is 1. The molecule has 0 atom stereocenters. The SMILES string of the molecule is O=C(Cc1ccc(O)cc1)N1CCc2nc(NCc3cccc(Oc4ccccc4)c3)ncc2C1. The van der Waals surface area contributed by atoms with Crippen LogP contribution in [0.15, 0.2) is 85.1 Å². The summed E-state index contributed by atoms with van der Waals surface area (Å²) in [4.78, 5) is 23.7. The lowest BCUT2D eigenvalue weighted by Gasteiger charge is -2.28. The number of phenolic OH excluding ortho intramolecular Hbond substituents is 1. The van der Waals surface area contributed by atoms with Gasteiger partial charge in [0.25, 0.3) is 0 Å². The highest BCUT2D eigenvalue weighted by Gasteiger charge is 2.22. The summed E-state index contributed by atoms with van der Waals surface area (Å²) in [5.41, 5.74) is 3.88. The predicted octanol–water partition coefficient (Wildman–Crippen LogP) is 4.71. The van der Waals surface area contributed by atoms with Gasteiger partial charge in [0.2, 0.25) is 11.9 Å². The Morgan fingerprint density at radius 2 is 1.77 bits per heavy atom. The Labute approximate surface area is 204 Å². The van der Waals surface area contributed by atoms with Gasteiger partial charge in [-0.25, -0.2) is 9.97 Å². The van der Waals surface area contributed by atoms with Crippen molar-refractivity contribution in [1.82, 2.24) is 14.9 Å². The number of aromatic nitrogens is 2. The lowest BCUT2D eigenvalue weighted by atomic mass is 10.1. The maximum absolute atomic E-state index is 12.7. The van der Waals surface area contributed by atoms with E-state index in [4.69, 9.17) is 4.74 Å². The maximum atomic E-state index is 12.7. The van der Waals surface area contributed by atoms with Gasteiger partial charge in [0.15, 0.2) is 0 Å². The summed E-state index contributed by atoms with van der Waals surface area (Å²) in [5, 5.41) is 12.7. The quantitative estimate of drug-likeness (QED) is 0.410. The molecular weight excluding hydrogens is 440 g/mol. The Morgan fingerprint density at radius 1 is 0.971 bits per heavy atom. The molecule has 5 rings (SSSR count). The van der Waals surface area contributed by atoms with Crippen molar-refractivity contribution in [3.8, 4) is 17.2 Å². The van der Waals surface area contributed by atoms with Crippen LogP contribution in [0, 0.1) is 0 Å². The summed E-state index contributed by atoms with van der Waals surface area (Å²) in [6.07, 6.45) is 2.80. The summed E-state index contributed by atoms with van der Waals surface area (Å²) in [6.45, 7) is 1.70. The molecule has 1 aliphatic heterocycles. The molecule has 2 N–H and O–H groups in total. The Balaban J connectivity index is 1.18. The predicted molar refractivity (Wildman–Crippen MR) is 133 cm³/mol. The van der Waals surface area contributed by atoms with E-state index in [-0.39, 0.29) is 11.7 Å². The van der Waals surface area contributed by atoms with E-state index in [1.807, 2.05) is 59.5 Å². The van der Waals surface area contributed by atoms with Crippen molar-refractivity contribution in [2.24, 2.45) is 0 Å². The van der Waals surface area contributed by atoms with Crippen LogP contribution in [-0.2, 0) is 30.7 Å². The maximum Gasteiger partial charge on any atom is 0.227 e. The third kappa shape index (κ3) is 5.76. The zero-order chi connectivity index (χ0) is 24.0. The highest BCUT2D eigenvalue weighted by molar-refractivity contribution is 5.79. The van der Waals surface area contributed by atoms with Gasteiger partial charge >= 0.3 is 0 Å². The van der Waals surface area contributed by atoms with E-state index >= 15 is 0 Å². The molecular formula is C28H26N4O3. The van der Waals surface area contributed by atoms with E-state index in [0.29, 0.717) is 38.4 Å². The molecule has 0 bridgehead atoms. The molecule has 0 spiro atoms. The van der Waals surface area contributed by atoms with Crippen LogP contribution in [0.1, 0.15) is 22.4 Å². The summed E-state index contributed by atoms with van der Waals surface area (Å²) < 4.78 is 5.92. The second-order valence-corrected chi connectivity index (χ2v) is 8.49. The monoisotopic (exact) mass is 466 g/mol. The lowest BCUT2D eigenvalue weighted by Crippen LogP contribution is -2.37. The van der Waals surface area contributed by atoms with Gasteiger partial charge in [0.05, 0.1) is 12.1 Å². The van der Waals surface area contributed by atoms with Crippen molar-refractivity contribution in [2.75, 3.05) is 11.9 Å². The number of hydrogen-bond acceptors (Lipinski definition) is 6. The summed E-state index contributed by atoms with van der Waals surface area (Å²) in [5.74, 6) is 2.40. The first-order valence-electron chi connectivity index (χ1n) is 11.6. The van der Waals surface area contributed by atoms with E-state index in [2.05, 4.69) is 15.3 Å². The molecule has 0 saturated carbocycles. The number of carbonyl (C=O) groups is 1. The van der Waals surface area contributed by atoms with Gasteiger partial charge in [-0.15, -0.1) is 0 Å². The molecule has 2 heterocycles. The minimum atomic E-state index is 0.0566. The number of ether oxygens (including phenoxy) is 1. The first kappa shape index (κ1) is 22.4. The molecule has 0 saturated heterocycles. The van der Waals surface area contributed by atoms with Crippen molar-refractivity contribution < 1.29 is 14.6 Å². The number of fused-ring (bicyclic) bond motifs is 1. The van der Waals surface area contributed by atoms with Crippen molar-refractivity contribution in [3.63, 3.8) is 0 Å². The Kier molecular flexibility index (Phi) is 6.57. The molecule has 1 amide bonds. The van der Waals surface area contributed by atoms with Gasteiger partial charge in [-0.2, -0.15) is 0 Å². The van der Waals surface area contributed by atoms with E-state index in [0.717, 1.165) is 33.9 Å². The van der Waals surface area contributed by atoms with Crippen LogP contribution in [0.5, 0.6) is 17.2 Å². The number of nitrogens with one attached hydrogen (secondary N) is 1. The van der Waals surface area contributed by atoms with Gasteiger partial charge in [0, 0.05) is 37.8 Å².